The maximum atomic E-state index is 13.4. The van der Waals surface area contributed by atoms with Gasteiger partial charge in [0.05, 0.1) is 18.6 Å². The number of nitrogens with zero attached hydrogens (tertiary/aromatic N) is 1. The van der Waals surface area contributed by atoms with Gasteiger partial charge in [-0.1, -0.05) is 29.8 Å². The van der Waals surface area contributed by atoms with Crippen LogP contribution in [0.3, 0.4) is 0 Å². The molecule has 0 fully saturated rings. The number of amides is 2. The van der Waals surface area contributed by atoms with Crippen LogP contribution in [0.25, 0.3) is 0 Å². The Kier molecular flexibility index (Phi) is 11.5. The average Bonchev–Trinajstić information content (AvgIpc) is 2.87. The lowest BCUT2D eigenvalue weighted by Gasteiger charge is -2.28. The first-order chi connectivity index (χ1) is 17.6. The molecule has 0 radical (unpaired) electrons. The lowest BCUT2D eigenvalue weighted by molar-refractivity contribution is -0.149. The summed E-state index contributed by atoms with van der Waals surface area (Å²) in [4.78, 5) is 55.2. The van der Waals surface area contributed by atoms with Crippen molar-refractivity contribution >= 4 is 35.4 Å². The molecule has 10 heteroatoms. The molecule has 2 N–H and O–H groups in total. The fraction of sp³-hybridized carbons (Fsp3) is 0.444. The van der Waals surface area contributed by atoms with Crippen LogP contribution in [0.4, 0.5) is 0 Å². The number of carbonyl (C=O) groups excluding carboxylic acids is 4. The van der Waals surface area contributed by atoms with Crippen LogP contribution in [0.5, 0.6) is 0 Å². The molecule has 1 aromatic heterocycles. The molecule has 0 saturated heterocycles. The zero-order valence-corrected chi connectivity index (χ0v) is 22.3. The van der Waals surface area contributed by atoms with Crippen LogP contribution in [0.15, 0.2) is 48.8 Å². The molecule has 2 atom stereocenters. The number of aromatic nitrogens is 1. The Labute approximate surface area is 222 Å². The number of pyridine rings is 1. The molecule has 0 aliphatic rings. The summed E-state index contributed by atoms with van der Waals surface area (Å²) >= 11 is 5.99. The van der Waals surface area contributed by atoms with E-state index in [9.17, 15) is 19.2 Å². The third-order valence-corrected chi connectivity index (χ3v) is 6.00. The molecule has 1 heterocycles. The second kappa shape index (κ2) is 14.3. The molecule has 2 amide bonds. The van der Waals surface area contributed by atoms with Crippen molar-refractivity contribution in [3.8, 4) is 0 Å². The van der Waals surface area contributed by atoms with E-state index in [2.05, 4.69) is 15.6 Å². The van der Waals surface area contributed by atoms with Gasteiger partial charge in [-0.3, -0.25) is 19.4 Å². The highest BCUT2D eigenvalue weighted by atomic mass is 35.5. The third kappa shape index (κ3) is 9.17. The van der Waals surface area contributed by atoms with E-state index in [1.165, 1.54) is 0 Å². The van der Waals surface area contributed by atoms with Crippen LogP contribution in [0, 0.1) is 0 Å². The molecule has 37 heavy (non-hydrogen) atoms. The van der Waals surface area contributed by atoms with Crippen molar-refractivity contribution in [3.05, 3.63) is 64.9 Å². The van der Waals surface area contributed by atoms with Gasteiger partial charge in [0.25, 0.3) is 0 Å². The van der Waals surface area contributed by atoms with Gasteiger partial charge in [-0.2, -0.15) is 0 Å². The highest BCUT2D eigenvalue weighted by molar-refractivity contribution is 6.30. The molecule has 1 aromatic carbocycles. The Morgan fingerprint density at radius 2 is 1.65 bits per heavy atom. The first-order valence-electron chi connectivity index (χ1n) is 12.2. The third-order valence-electron chi connectivity index (χ3n) is 5.75. The molecule has 0 spiro atoms. The van der Waals surface area contributed by atoms with Gasteiger partial charge >= 0.3 is 11.9 Å². The van der Waals surface area contributed by atoms with E-state index in [4.69, 9.17) is 21.1 Å². The monoisotopic (exact) mass is 531 g/mol. The highest BCUT2D eigenvalue weighted by Crippen LogP contribution is 2.25. The molecule has 9 nitrogen and oxygen atoms in total. The van der Waals surface area contributed by atoms with Crippen molar-refractivity contribution < 1.29 is 28.7 Å². The van der Waals surface area contributed by atoms with E-state index in [0.717, 1.165) is 0 Å². The van der Waals surface area contributed by atoms with Gasteiger partial charge in [-0.15, -0.1) is 0 Å². The van der Waals surface area contributed by atoms with E-state index < -0.39 is 41.3 Å². The Hall–Kier alpha value is -3.46. The van der Waals surface area contributed by atoms with Crippen LogP contribution < -0.4 is 10.6 Å². The van der Waals surface area contributed by atoms with E-state index in [-0.39, 0.29) is 32.5 Å². The molecule has 0 saturated carbocycles. The molecule has 2 rings (SSSR count). The standard InChI is InChI=1S/C27H34ClN3O6/c1-5-36-23(32)14-13-21(25(34)37-6-2)30-24(33)22(16-18-8-7-15-29-17-18)31-26(35)27(3,4)19-9-11-20(28)12-10-19/h7-12,15,17,21-22H,5-6,13-14,16H2,1-4H3,(H,30,33)(H,31,35)/t21-,22+/m1/s1. The number of halogens is 1. The lowest BCUT2D eigenvalue weighted by Crippen LogP contribution is -2.55. The lowest BCUT2D eigenvalue weighted by atomic mass is 9.83. The van der Waals surface area contributed by atoms with Gasteiger partial charge in [0.15, 0.2) is 0 Å². The molecule has 0 aliphatic carbocycles. The summed E-state index contributed by atoms with van der Waals surface area (Å²) in [6.07, 6.45) is 3.25. The first-order valence-corrected chi connectivity index (χ1v) is 12.5. The molecule has 0 aliphatic heterocycles. The van der Waals surface area contributed by atoms with Crippen molar-refractivity contribution in [1.29, 1.82) is 0 Å². The van der Waals surface area contributed by atoms with Crippen LogP contribution in [-0.4, -0.2) is 54.0 Å². The summed E-state index contributed by atoms with van der Waals surface area (Å²) < 4.78 is 10.0. The van der Waals surface area contributed by atoms with Crippen molar-refractivity contribution in [3.63, 3.8) is 0 Å². The zero-order valence-electron chi connectivity index (χ0n) is 21.6. The molecule has 2 aromatic rings. The summed E-state index contributed by atoms with van der Waals surface area (Å²) in [5.74, 6) is -2.15. The Bertz CT molecular complexity index is 1060. The second-order valence-corrected chi connectivity index (χ2v) is 9.32. The normalized spacial score (nSPS) is 12.7. The molecule has 200 valence electrons. The smallest absolute Gasteiger partial charge is 0.328 e. The van der Waals surface area contributed by atoms with Crippen molar-refractivity contribution in [1.82, 2.24) is 15.6 Å². The topological polar surface area (TPSA) is 124 Å². The number of esters is 2. The second-order valence-electron chi connectivity index (χ2n) is 8.88. The number of hydrogen-bond donors (Lipinski definition) is 2. The predicted molar refractivity (Wildman–Crippen MR) is 139 cm³/mol. The van der Waals surface area contributed by atoms with Crippen molar-refractivity contribution in [2.45, 2.75) is 64.5 Å². The van der Waals surface area contributed by atoms with Gasteiger partial charge in [0.1, 0.15) is 12.1 Å². The van der Waals surface area contributed by atoms with Gasteiger partial charge in [-0.25, -0.2) is 4.79 Å². The number of benzene rings is 1. The first kappa shape index (κ1) is 29.8. The average molecular weight is 532 g/mol. The Morgan fingerprint density at radius 3 is 2.24 bits per heavy atom. The summed E-state index contributed by atoms with van der Waals surface area (Å²) in [6, 6.07) is 8.29. The molecule has 0 unspecified atom stereocenters. The minimum Gasteiger partial charge on any atom is -0.466 e. The summed E-state index contributed by atoms with van der Waals surface area (Å²) in [5.41, 5.74) is 0.447. The SMILES string of the molecule is CCOC(=O)CC[C@@H](NC(=O)[C@H](Cc1cccnc1)NC(=O)C(C)(C)c1ccc(Cl)cc1)C(=O)OCC. The fourth-order valence-corrected chi connectivity index (χ4v) is 3.69. The summed E-state index contributed by atoms with van der Waals surface area (Å²) in [7, 11) is 0. The Morgan fingerprint density at radius 1 is 0.973 bits per heavy atom. The highest BCUT2D eigenvalue weighted by Gasteiger charge is 2.34. The number of hydrogen-bond acceptors (Lipinski definition) is 7. The van der Waals surface area contributed by atoms with Crippen LogP contribution in [0.2, 0.25) is 5.02 Å². The maximum Gasteiger partial charge on any atom is 0.328 e. The van der Waals surface area contributed by atoms with Crippen LogP contribution in [0.1, 0.15) is 51.7 Å². The van der Waals surface area contributed by atoms with Gasteiger partial charge in [-0.05, 0) is 63.4 Å². The molecular formula is C27H34ClN3O6. The quantitative estimate of drug-likeness (QED) is 0.380. The minimum atomic E-state index is -1.09. The fourth-order valence-electron chi connectivity index (χ4n) is 3.56. The predicted octanol–water partition coefficient (Wildman–Crippen LogP) is 3.13. The van der Waals surface area contributed by atoms with Gasteiger partial charge in [0, 0.05) is 30.3 Å². The van der Waals surface area contributed by atoms with Crippen molar-refractivity contribution in [2.24, 2.45) is 0 Å². The molecule has 0 bridgehead atoms. The zero-order chi connectivity index (χ0) is 27.4. The number of carbonyl (C=O) groups is 4. The summed E-state index contributed by atoms with van der Waals surface area (Å²) in [6.45, 7) is 7.12. The van der Waals surface area contributed by atoms with E-state index in [1.807, 2.05) is 0 Å². The van der Waals surface area contributed by atoms with Gasteiger partial charge in [0.2, 0.25) is 11.8 Å². The van der Waals surface area contributed by atoms with E-state index in [0.29, 0.717) is 16.1 Å². The number of ether oxygens (including phenoxy) is 2. The van der Waals surface area contributed by atoms with E-state index >= 15 is 0 Å². The largest absolute Gasteiger partial charge is 0.466 e. The Balaban J connectivity index is 2.25. The number of nitrogens with one attached hydrogen (secondary N) is 2. The van der Waals surface area contributed by atoms with Crippen molar-refractivity contribution in [2.75, 3.05) is 13.2 Å². The number of rotatable bonds is 13. The van der Waals surface area contributed by atoms with Gasteiger partial charge < -0.3 is 20.1 Å². The minimum absolute atomic E-state index is 0.00671. The summed E-state index contributed by atoms with van der Waals surface area (Å²) in [5, 5.41) is 6.02. The van der Waals surface area contributed by atoms with Crippen LogP contribution >= 0.6 is 11.6 Å². The van der Waals surface area contributed by atoms with E-state index in [1.54, 1.807) is 76.5 Å². The van der Waals surface area contributed by atoms with Crippen LogP contribution in [-0.2, 0) is 40.5 Å². The molecular weight excluding hydrogens is 498 g/mol. The maximum absolute atomic E-state index is 13.4.